The number of nitrogens with zero attached hydrogens (tertiary/aromatic N) is 2. The normalized spacial score (nSPS) is 12.5. The molecule has 0 aliphatic heterocycles. The van der Waals surface area contributed by atoms with Crippen molar-refractivity contribution in [1.29, 1.82) is 0 Å². The van der Waals surface area contributed by atoms with E-state index in [9.17, 15) is 0 Å². The van der Waals surface area contributed by atoms with E-state index in [-0.39, 0.29) is 6.10 Å². The predicted octanol–water partition coefficient (Wildman–Crippen LogP) is 5.03. The van der Waals surface area contributed by atoms with Gasteiger partial charge in [-0.3, -0.25) is 0 Å². The maximum atomic E-state index is 6.00. The molecule has 1 atom stereocenters. The first-order valence-corrected chi connectivity index (χ1v) is 9.02. The van der Waals surface area contributed by atoms with Crippen LogP contribution in [0.2, 0.25) is 0 Å². The third kappa shape index (κ3) is 3.05. The van der Waals surface area contributed by atoms with Crippen LogP contribution in [0.3, 0.4) is 0 Å². The lowest BCUT2D eigenvalue weighted by molar-refractivity contribution is 0.136. The summed E-state index contributed by atoms with van der Waals surface area (Å²) in [5.74, 6) is 0. The highest BCUT2D eigenvalue weighted by Crippen LogP contribution is 2.37. The van der Waals surface area contributed by atoms with E-state index in [2.05, 4.69) is 85.9 Å². The number of hydrogen-bond acceptors (Lipinski definition) is 2. The van der Waals surface area contributed by atoms with Gasteiger partial charge in [0, 0.05) is 55.6 Å². The molecule has 0 N–H and O–H groups in total. The van der Waals surface area contributed by atoms with Crippen molar-refractivity contribution in [2.24, 2.45) is 0 Å². The molecule has 0 aliphatic carbocycles. The van der Waals surface area contributed by atoms with Gasteiger partial charge in [0.15, 0.2) is 0 Å². The Hall–Kier alpha value is -2.26. The lowest BCUT2D eigenvalue weighted by atomic mass is 9.97. The molecular weight excluding hydrogens is 308 g/mol. The van der Waals surface area contributed by atoms with Crippen LogP contribution in [0, 0.1) is 0 Å². The Morgan fingerprint density at radius 1 is 1.00 bits per heavy atom. The number of fused-ring (bicyclic) bond motifs is 1. The second-order valence-corrected chi connectivity index (χ2v) is 6.58. The summed E-state index contributed by atoms with van der Waals surface area (Å²) < 4.78 is 8.43. The quantitative estimate of drug-likeness (QED) is 0.628. The third-order valence-corrected chi connectivity index (χ3v) is 4.98. The van der Waals surface area contributed by atoms with Crippen molar-refractivity contribution in [3.8, 4) is 0 Å². The molecule has 1 aromatic heterocycles. The summed E-state index contributed by atoms with van der Waals surface area (Å²) in [6, 6.07) is 17.3. The van der Waals surface area contributed by atoms with E-state index in [4.69, 9.17) is 4.74 Å². The van der Waals surface area contributed by atoms with Gasteiger partial charge in [-0.1, -0.05) is 37.3 Å². The van der Waals surface area contributed by atoms with Crippen molar-refractivity contribution < 1.29 is 4.74 Å². The van der Waals surface area contributed by atoms with Crippen molar-refractivity contribution in [1.82, 2.24) is 4.57 Å². The van der Waals surface area contributed by atoms with Gasteiger partial charge in [0.2, 0.25) is 0 Å². The molecule has 1 unspecified atom stereocenters. The van der Waals surface area contributed by atoms with E-state index in [1.807, 2.05) is 7.11 Å². The van der Waals surface area contributed by atoms with Crippen LogP contribution in [0.1, 0.15) is 36.8 Å². The fraction of sp³-hybridized carbons (Fsp3) is 0.364. The van der Waals surface area contributed by atoms with Crippen molar-refractivity contribution in [2.45, 2.75) is 32.9 Å². The van der Waals surface area contributed by atoms with Crippen LogP contribution in [-0.2, 0) is 17.7 Å². The number of benzene rings is 2. The molecule has 0 fully saturated rings. The van der Waals surface area contributed by atoms with Crippen molar-refractivity contribution in [3.05, 3.63) is 65.4 Å². The zero-order valence-corrected chi connectivity index (χ0v) is 15.9. The SMILES string of the molecule is CCc1c(C(OC)c2ccc(N(C)C)cc2)c2ccccc2n1CC. The largest absolute Gasteiger partial charge is 0.378 e. The highest BCUT2D eigenvalue weighted by atomic mass is 16.5. The Morgan fingerprint density at radius 2 is 1.68 bits per heavy atom. The summed E-state index contributed by atoms with van der Waals surface area (Å²) in [6.45, 7) is 5.41. The second-order valence-electron chi connectivity index (χ2n) is 6.58. The van der Waals surface area contributed by atoms with Gasteiger partial charge in [0.1, 0.15) is 6.10 Å². The number of rotatable bonds is 6. The van der Waals surface area contributed by atoms with Gasteiger partial charge >= 0.3 is 0 Å². The summed E-state index contributed by atoms with van der Waals surface area (Å²) >= 11 is 0. The number of anilines is 1. The molecule has 0 bridgehead atoms. The Kier molecular flexibility index (Phi) is 5.14. The molecule has 132 valence electrons. The van der Waals surface area contributed by atoms with E-state index in [0.717, 1.165) is 13.0 Å². The minimum absolute atomic E-state index is 0.0520. The minimum Gasteiger partial charge on any atom is -0.378 e. The minimum atomic E-state index is -0.0520. The Morgan fingerprint density at radius 3 is 2.24 bits per heavy atom. The van der Waals surface area contributed by atoms with Crippen LogP contribution in [0.5, 0.6) is 0 Å². The van der Waals surface area contributed by atoms with E-state index in [0.29, 0.717) is 0 Å². The lowest BCUT2D eigenvalue weighted by Crippen LogP contribution is -2.10. The standard InChI is InChI=1S/C22H28N2O/c1-6-19-21(18-10-8-9-11-20(18)24(19)7-2)22(25-5)16-12-14-17(15-13-16)23(3)4/h8-15,22H,6-7H2,1-5H3. The van der Waals surface area contributed by atoms with Gasteiger partial charge in [0.25, 0.3) is 0 Å². The van der Waals surface area contributed by atoms with Crippen LogP contribution >= 0.6 is 0 Å². The van der Waals surface area contributed by atoms with Crippen LogP contribution in [0.15, 0.2) is 48.5 Å². The Labute approximate surface area is 150 Å². The maximum absolute atomic E-state index is 6.00. The first-order chi connectivity index (χ1) is 12.1. The van der Waals surface area contributed by atoms with E-state index >= 15 is 0 Å². The van der Waals surface area contributed by atoms with E-state index < -0.39 is 0 Å². The molecule has 0 spiro atoms. The summed E-state index contributed by atoms with van der Waals surface area (Å²) in [4.78, 5) is 2.12. The zero-order chi connectivity index (χ0) is 18.0. The van der Waals surface area contributed by atoms with Crippen molar-refractivity contribution >= 4 is 16.6 Å². The second kappa shape index (κ2) is 7.32. The average Bonchev–Trinajstić information content (AvgIpc) is 2.96. The molecule has 0 aliphatic rings. The molecule has 0 amide bonds. The van der Waals surface area contributed by atoms with Crippen LogP contribution in [-0.4, -0.2) is 25.8 Å². The summed E-state index contributed by atoms with van der Waals surface area (Å²) in [5.41, 5.74) is 6.36. The van der Waals surface area contributed by atoms with Gasteiger partial charge in [-0.2, -0.15) is 0 Å². The molecular formula is C22H28N2O. The van der Waals surface area contributed by atoms with E-state index in [1.54, 1.807) is 0 Å². The smallest absolute Gasteiger partial charge is 0.109 e. The van der Waals surface area contributed by atoms with Crippen molar-refractivity contribution in [2.75, 3.05) is 26.1 Å². The first kappa shape index (κ1) is 17.6. The van der Waals surface area contributed by atoms with Gasteiger partial charge in [-0.05, 0) is 37.1 Å². The molecule has 1 heterocycles. The fourth-order valence-corrected chi connectivity index (χ4v) is 3.79. The van der Waals surface area contributed by atoms with Crippen LogP contribution < -0.4 is 4.90 Å². The molecule has 0 radical (unpaired) electrons. The first-order valence-electron chi connectivity index (χ1n) is 9.02. The fourth-order valence-electron chi connectivity index (χ4n) is 3.79. The van der Waals surface area contributed by atoms with Gasteiger partial charge in [-0.25, -0.2) is 0 Å². The van der Waals surface area contributed by atoms with E-state index in [1.165, 1.54) is 33.4 Å². The molecule has 3 heteroatoms. The van der Waals surface area contributed by atoms with Crippen LogP contribution in [0.4, 0.5) is 5.69 Å². The summed E-state index contributed by atoms with van der Waals surface area (Å²) in [5, 5.41) is 1.30. The molecule has 25 heavy (non-hydrogen) atoms. The number of aryl methyl sites for hydroxylation is 1. The zero-order valence-electron chi connectivity index (χ0n) is 15.9. The average molecular weight is 336 g/mol. The summed E-state index contributed by atoms with van der Waals surface area (Å²) in [7, 11) is 5.93. The Bertz CT molecular complexity index is 846. The molecule has 2 aromatic carbocycles. The summed E-state index contributed by atoms with van der Waals surface area (Å²) in [6.07, 6.45) is 0.942. The number of aromatic nitrogens is 1. The monoisotopic (exact) mass is 336 g/mol. The van der Waals surface area contributed by atoms with Gasteiger partial charge in [-0.15, -0.1) is 0 Å². The predicted molar refractivity (Wildman–Crippen MR) is 107 cm³/mol. The number of methoxy groups -OCH3 is 1. The van der Waals surface area contributed by atoms with Gasteiger partial charge < -0.3 is 14.2 Å². The lowest BCUT2D eigenvalue weighted by Gasteiger charge is -2.20. The van der Waals surface area contributed by atoms with Crippen LogP contribution in [0.25, 0.3) is 10.9 Å². The molecule has 0 saturated heterocycles. The highest BCUT2D eigenvalue weighted by molar-refractivity contribution is 5.86. The topological polar surface area (TPSA) is 17.4 Å². The number of para-hydroxylation sites is 1. The molecule has 3 nitrogen and oxygen atoms in total. The number of ether oxygens (including phenoxy) is 1. The number of hydrogen-bond donors (Lipinski definition) is 0. The third-order valence-electron chi connectivity index (χ3n) is 4.98. The Balaban J connectivity index is 2.18. The van der Waals surface area contributed by atoms with Gasteiger partial charge in [0.05, 0.1) is 0 Å². The molecule has 3 rings (SSSR count). The maximum Gasteiger partial charge on any atom is 0.109 e. The molecule has 3 aromatic rings. The van der Waals surface area contributed by atoms with Crippen molar-refractivity contribution in [3.63, 3.8) is 0 Å². The molecule has 0 saturated carbocycles. The highest BCUT2D eigenvalue weighted by Gasteiger charge is 2.23.